The van der Waals surface area contributed by atoms with E-state index in [1.807, 2.05) is 31.6 Å². The third-order valence-electron chi connectivity index (χ3n) is 3.04. The van der Waals surface area contributed by atoms with Crippen molar-refractivity contribution in [1.29, 1.82) is 0 Å². The Kier molecular flexibility index (Phi) is 3.96. The Balaban J connectivity index is 2.19. The molecule has 2 aromatic heterocycles. The second kappa shape index (κ2) is 5.90. The third kappa shape index (κ3) is 2.75. The minimum absolute atomic E-state index is 0.186. The van der Waals surface area contributed by atoms with Crippen LogP contribution in [0.5, 0.6) is 0 Å². The number of hydrogen-bond donors (Lipinski definition) is 0. The Morgan fingerprint density at radius 1 is 1.32 bits per heavy atom. The van der Waals surface area contributed by atoms with E-state index in [1.165, 1.54) is 22.3 Å². The first kappa shape index (κ1) is 14.7. The third-order valence-corrected chi connectivity index (χ3v) is 4.18. The average Bonchev–Trinajstić information content (AvgIpc) is 2.92. The summed E-state index contributed by atoms with van der Waals surface area (Å²) in [4.78, 5) is 19.4. The zero-order valence-electron chi connectivity index (χ0n) is 12.0. The molecule has 0 atom stereocenters. The summed E-state index contributed by atoms with van der Waals surface area (Å²) in [5, 5.41) is 7.28. The van der Waals surface area contributed by atoms with Gasteiger partial charge in [-0.05, 0) is 17.7 Å². The van der Waals surface area contributed by atoms with Crippen molar-refractivity contribution in [3.05, 3.63) is 51.3 Å². The Morgan fingerprint density at radius 2 is 2.05 bits per heavy atom. The molecule has 2 heterocycles. The zero-order chi connectivity index (χ0) is 15.7. The maximum Gasteiger partial charge on any atom is 0.283 e. The van der Waals surface area contributed by atoms with Crippen LogP contribution in [0.15, 0.2) is 45.9 Å². The Morgan fingerprint density at radius 3 is 2.73 bits per heavy atom. The Labute approximate surface area is 136 Å². The van der Waals surface area contributed by atoms with Gasteiger partial charge in [-0.15, -0.1) is 11.3 Å². The molecule has 3 rings (SSSR count). The van der Waals surface area contributed by atoms with Crippen molar-refractivity contribution in [2.75, 3.05) is 14.1 Å². The van der Waals surface area contributed by atoms with Gasteiger partial charge < -0.3 is 4.90 Å². The van der Waals surface area contributed by atoms with Gasteiger partial charge in [-0.25, -0.2) is 4.98 Å². The van der Waals surface area contributed by atoms with E-state index < -0.39 is 0 Å². The molecule has 0 unspecified atom stereocenters. The van der Waals surface area contributed by atoms with Crippen molar-refractivity contribution in [3.63, 3.8) is 0 Å². The summed E-state index contributed by atoms with van der Waals surface area (Å²) in [6.07, 6.45) is 3.00. The molecule has 3 aromatic rings. The standard InChI is InChI=1S/C15H13ClN4OS/c1-19(2)9-18-20-8-17-14-13(15(20)21)12(7-22-14)10-3-5-11(16)6-4-10/h3-9H,1-2H3/b18-9-. The van der Waals surface area contributed by atoms with Crippen LogP contribution >= 0.6 is 22.9 Å². The summed E-state index contributed by atoms with van der Waals surface area (Å²) in [5.41, 5.74) is 1.60. The predicted molar refractivity (Wildman–Crippen MR) is 91.9 cm³/mol. The first-order chi connectivity index (χ1) is 10.6. The van der Waals surface area contributed by atoms with E-state index in [0.29, 0.717) is 15.2 Å². The second-order valence-electron chi connectivity index (χ2n) is 4.93. The molecule has 0 saturated carbocycles. The van der Waals surface area contributed by atoms with Crippen LogP contribution in [0, 0.1) is 0 Å². The number of rotatable bonds is 3. The molecule has 0 saturated heterocycles. The highest BCUT2D eigenvalue weighted by atomic mass is 35.5. The number of aromatic nitrogens is 2. The first-order valence-electron chi connectivity index (χ1n) is 6.52. The molecule has 5 nitrogen and oxygen atoms in total. The van der Waals surface area contributed by atoms with Crippen LogP contribution in [0.25, 0.3) is 21.3 Å². The number of halogens is 1. The van der Waals surface area contributed by atoms with Crippen molar-refractivity contribution >= 4 is 39.5 Å². The number of hydrogen-bond acceptors (Lipinski definition) is 4. The minimum atomic E-state index is -0.186. The summed E-state index contributed by atoms with van der Waals surface area (Å²) in [5.74, 6) is 0. The van der Waals surface area contributed by atoms with Crippen molar-refractivity contribution in [2.24, 2.45) is 5.10 Å². The molecule has 0 amide bonds. The van der Waals surface area contributed by atoms with Gasteiger partial charge in [0.2, 0.25) is 0 Å². The van der Waals surface area contributed by atoms with E-state index in [-0.39, 0.29) is 5.56 Å². The van der Waals surface area contributed by atoms with Crippen LogP contribution in [0.3, 0.4) is 0 Å². The van der Waals surface area contributed by atoms with Crippen LogP contribution < -0.4 is 5.56 Å². The van der Waals surface area contributed by atoms with E-state index >= 15 is 0 Å². The van der Waals surface area contributed by atoms with Gasteiger partial charge in [0.1, 0.15) is 17.5 Å². The van der Waals surface area contributed by atoms with Gasteiger partial charge in [0.15, 0.2) is 0 Å². The number of fused-ring (bicyclic) bond motifs is 1. The van der Waals surface area contributed by atoms with Gasteiger partial charge >= 0.3 is 0 Å². The van der Waals surface area contributed by atoms with Crippen LogP contribution in [0.1, 0.15) is 0 Å². The van der Waals surface area contributed by atoms with Crippen molar-refractivity contribution in [2.45, 2.75) is 0 Å². The molecule has 0 fully saturated rings. The molecule has 0 aliphatic heterocycles. The summed E-state index contributed by atoms with van der Waals surface area (Å²) in [6.45, 7) is 0. The smallest absolute Gasteiger partial charge is 0.283 e. The molecule has 7 heteroatoms. The lowest BCUT2D eigenvalue weighted by Crippen LogP contribution is -2.19. The van der Waals surface area contributed by atoms with Crippen molar-refractivity contribution < 1.29 is 0 Å². The van der Waals surface area contributed by atoms with Gasteiger partial charge in [-0.1, -0.05) is 23.7 Å². The van der Waals surface area contributed by atoms with Gasteiger partial charge in [-0.2, -0.15) is 9.78 Å². The fourth-order valence-corrected chi connectivity index (χ4v) is 3.04. The molecule has 0 aliphatic carbocycles. The molecular weight excluding hydrogens is 320 g/mol. The highest BCUT2D eigenvalue weighted by molar-refractivity contribution is 7.17. The lowest BCUT2D eigenvalue weighted by Gasteiger charge is -2.04. The Hall–Kier alpha value is -2.18. The predicted octanol–water partition coefficient (Wildman–Crippen LogP) is 3.13. The molecule has 0 bridgehead atoms. The van der Waals surface area contributed by atoms with E-state index in [2.05, 4.69) is 10.1 Å². The molecule has 112 valence electrons. The maximum absolute atomic E-state index is 12.6. The van der Waals surface area contributed by atoms with Crippen molar-refractivity contribution in [1.82, 2.24) is 14.6 Å². The molecule has 22 heavy (non-hydrogen) atoms. The van der Waals surface area contributed by atoms with E-state index in [4.69, 9.17) is 11.6 Å². The molecule has 0 spiro atoms. The van der Waals surface area contributed by atoms with Gasteiger partial charge in [0.05, 0.1) is 5.39 Å². The fraction of sp³-hybridized carbons (Fsp3) is 0.133. The largest absolute Gasteiger partial charge is 0.367 e. The fourth-order valence-electron chi connectivity index (χ4n) is 2.01. The first-order valence-corrected chi connectivity index (χ1v) is 7.78. The minimum Gasteiger partial charge on any atom is -0.367 e. The summed E-state index contributed by atoms with van der Waals surface area (Å²) in [7, 11) is 3.68. The summed E-state index contributed by atoms with van der Waals surface area (Å²) in [6, 6.07) is 7.40. The second-order valence-corrected chi connectivity index (χ2v) is 6.22. The van der Waals surface area contributed by atoms with Crippen molar-refractivity contribution in [3.8, 4) is 11.1 Å². The topological polar surface area (TPSA) is 50.5 Å². The lowest BCUT2D eigenvalue weighted by molar-refractivity contribution is 0.629. The number of thiophene rings is 1. The van der Waals surface area contributed by atoms with Gasteiger partial charge in [0, 0.05) is 30.1 Å². The van der Waals surface area contributed by atoms with Gasteiger partial charge in [-0.3, -0.25) is 4.79 Å². The highest BCUT2D eigenvalue weighted by Gasteiger charge is 2.13. The zero-order valence-corrected chi connectivity index (χ0v) is 13.6. The monoisotopic (exact) mass is 332 g/mol. The molecular formula is C15H13ClN4OS. The molecule has 1 aromatic carbocycles. The number of benzene rings is 1. The van der Waals surface area contributed by atoms with Crippen LogP contribution in [0.2, 0.25) is 5.02 Å². The Bertz CT molecular complexity index is 896. The maximum atomic E-state index is 12.6. The van der Waals surface area contributed by atoms with Crippen LogP contribution in [0.4, 0.5) is 0 Å². The van der Waals surface area contributed by atoms with E-state index in [1.54, 1.807) is 23.4 Å². The quantitative estimate of drug-likeness (QED) is 0.547. The van der Waals surface area contributed by atoms with E-state index in [9.17, 15) is 4.79 Å². The highest BCUT2D eigenvalue weighted by Crippen LogP contribution is 2.31. The molecule has 0 radical (unpaired) electrons. The van der Waals surface area contributed by atoms with Crippen LogP contribution in [-0.4, -0.2) is 35.0 Å². The summed E-state index contributed by atoms with van der Waals surface area (Å²) < 4.78 is 1.24. The molecule has 0 aliphatic rings. The van der Waals surface area contributed by atoms with Gasteiger partial charge in [0.25, 0.3) is 5.56 Å². The normalized spacial score (nSPS) is 11.4. The molecule has 0 N–H and O–H groups in total. The summed E-state index contributed by atoms with van der Waals surface area (Å²) >= 11 is 7.36. The number of nitrogens with zero attached hydrogens (tertiary/aromatic N) is 4. The average molecular weight is 333 g/mol. The van der Waals surface area contributed by atoms with Crippen LogP contribution in [-0.2, 0) is 0 Å². The lowest BCUT2D eigenvalue weighted by atomic mass is 10.1. The SMILES string of the molecule is CN(C)/C=N\n1cnc2scc(-c3ccc(Cl)cc3)c2c1=O. The van der Waals surface area contributed by atoms with E-state index in [0.717, 1.165) is 11.1 Å².